The zero-order chi connectivity index (χ0) is 7.82. The monoisotopic (exact) mass is 151 g/mol. The summed E-state index contributed by atoms with van der Waals surface area (Å²) in [4.78, 5) is 8.78. The summed E-state index contributed by atoms with van der Waals surface area (Å²) >= 11 is 0. The van der Waals surface area contributed by atoms with Crippen molar-refractivity contribution >= 4 is 6.09 Å². The molecule has 1 heterocycles. The Morgan fingerprint density at radius 1 is 1.20 bits per heavy atom. The number of primary amides is 1. The molecule has 0 unspecified atom stereocenters. The van der Waals surface area contributed by atoms with Crippen LogP contribution in [-0.4, -0.2) is 31.6 Å². The average Bonchev–Trinajstić information content (AvgIpc) is 1.90. The van der Waals surface area contributed by atoms with Crippen LogP contribution in [-0.2, 0) is 14.2 Å². The third-order valence-corrected chi connectivity index (χ3v) is 0.500. The molecular weight excluding hydrogens is 142 g/mol. The molecule has 0 aromatic rings. The van der Waals surface area contributed by atoms with E-state index in [4.69, 9.17) is 9.90 Å². The minimum atomic E-state index is -1.33. The highest BCUT2D eigenvalue weighted by molar-refractivity contribution is 5.61. The van der Waals surface area contributed by atoms with E-state index < -0.39 is 6.09 Å². The molecule has 0 aromatic heterocycles. The van der Waals surface area contributed by atoms with Crippen molar-refractivity contribution in [3.63, 3.8) is 0 Å². The van der Waals surface area contributed by atoms with Gasteiger partial charge in [-0.1, -0.05) is 0 Å². The fourth-order valence-electron chi connectivity index (χ4n) is 0.279. The Hall–Kier alpha value is -0.850. The van der Waals surface area contributed by atoms with Gasteiger partial charge in [-0.15, -0.1) is 0 Å². The average molecular weight is 151 g/mol. The number of carbonyl (C=O) groups is 1. The SMILES string of the molecule is C1OCOCO1.NC(=O)O. The maximum atomic E-state index is 8.78. The van der Waals surface area contributed by atoms with Crippen LogP contribution in [0.3, 0.4) is 0 Å². The molecule has 3 N–H and O–H groups in total. The van der Waals surface area contributed by atoms with E-state index in [2.05, 4.69) is 19.9 Å². The minimum absolute atomic E-state index is 0.375. The van der Waals surface area contributed by atoms with Crippen LogP contribution in [0.4, 0.5) is 4.79 Å². The molecule has 0 aliphatic carbocycles. The Bertz CT molecular complexity index is 76.1. The van der Waals surface area contributed by atoms with E-state index in [-0.39, 0.29) is 0 Å². The first kappa shape index (κ1) is 9.15. The Balaban J connectivity index is 0.000000180. The highest BCUT2D eigenvalue weighted by Crippen LogP contribution is 1.87. The zero-order valence-electron chi connectivity index (χ0n) is 5.28. The number of hydrogen-bond donors (Lipinski definition) is 2. The van der Waals surface area contributed by atoms with Gasteiger partial charge in [0, 0.05) is 0 Å². The van der Waals surface area contributed by atoms with E-state index in [1.807, 2.05) is 0 Å². The van der Waals surface area contributed by atoms with Crippen molar-refractivity contribution in [1.82, 2.24) is 0 Å². The zero-order valence-corrected chi connectivity index (χ0v) is 5.28. The van der Waals surface area contributed by atoms with Crippen molar-refractivity contribution in [3.05, 3.63) is 0 Å². The van der Waals surface area contributed by atoms with Crippen molar-refractivity contribution in [2.24, 2.45) is 5.73 Å². The molecule has 0 aromatic carbocycles. The number of ether oxygens (including phenoxy) is 3. The molecule has 6 nitrogen and oxygen atoms in total. The van der Waals surface area contributed by atoms with Gasteiger partial charge in [0.25, 0.3) is 0 Å². The maximum absolute atomic E-state index is 8.78. The van der Waals surface area contributed by atoms with E-state index in [1.54, 1.807) is 0 Å². The van der Waals surface area contributed by atoms with Crippen molar-refractivity contribution in [2.75, 3.05) is 20.4 Å². The first-order valence-corrected chi connectivity index (χ1v) is 2.45. The largest absolute Gasteiger partial charge is 0.465 e. The summed E-state index contributed by atoms with van der Waals surface area (Å²) in [6, 6.07) is 0. The van der Waals surface area contributed by atoms with Gasteiger partial charge in [0.15, 0.2) is 20.4 Å². The number of carboxylic acid groups (broad SMARTS) is 1. The fourth-order valence-corrected chi connectivity index (χ4v) is 0.279. The number of rotatable bonds is 0. The summed E-state index contributed by atoms with van der Waals surface area (Å²) in [5.41, 5.74) is 4.03. The summed E-state index contributed by atoms with van der Waals surface area (Å²) in [7, 11) is 0. The van der Waals surface area contributed by atoms with Crippen LogP contribution < -0.4 is 5.73 Å². The topological polar surface area (TPSA) is 91.0 Å². The summed E-state index contributed by atoms with van der Waals surface area (Å²) < 4.78 is 13.9. The quantitative estimate of drug-likeness (QED) is 0.489. The van der Waals surface area contributed by atoms with Gasteiger partial charge in [0.1, 0.15) is 0 Å². The number of amides is 1. The minimum Gasteiger partial charge on any atom is -0.465 e. The first-order chi connectivity index (χ1) is 4.73. The molecule has 1 aliphatic heterocycles. The molecule has 60 valence electrons. The van der Waals surface area contributed by atoms with Crippen LogP contribution in [0.2, 0.25) is 0 Å². The molecule has 0 atom stereocenters. The number of hydrogen-bond acceptors (Lipinski definition) is 4. The van der Waals surface area contributed by atoms with Gasteiger partial charge in [-0.25, -0.2) is 4.79 Å². The predicted molar refractivity (Wildman–Crippen MR) is 30.1 cm³/mol. The maximum Gasteiger partial charge on any atom is 0.402 e. The van der Waals surface area contributed by atoms with Crippen molar-refractivity contribution in [3.8, 4) is 0 Å². The van der Waals surface area contributed by atoms with E-state index in [9.17, 15) is 0 Å². The molecule has 6 heteroatoms. The van der Waals surface area contributed by atoms with Crippen molar-refractivity contribution < 1.29 is 24.1 Å². The Morgan fingerprint density at radius 2 is 1.40 bits per heavy atom. The van der Waals surface area contributed by atoms with Gasteiger partial charge in [0.05, 0.1) is 0 Å². The van der Waals surface area contributed by atoms with E-state index in [0.29, 0.717) is 20.4 Å². The van der Waals surface area contributed by atoms with E-state index >= 15 is 0 Å². The van der Waals surface area contributed by atoms with Gasteiger partial charge in [-0.05, 0) is 0 Å². The second kappa shape index (κ2) is 6.27. The van der Waals surface area contributed by atoms with Gasteiger partial charge < -0.3 is 25.1 Å². The highest BCUT2D eigenvalue weighted by atomic mass is 16.8. The molecule has 0 radical (unpaired) electrons. The second-order valence-electron chi connectivity index (χ2n) is 1.30. The van der Waals surface area contributed by atoms with Gasteiger partial charge >= 0.3 is 6.09 Å². The Morgan fingerprint density at radius 3 is 1.50 bits per heavy atom. The van der Waals surface area contributed by atoms with Crippen LogP contribution in [0.5, 0.6) is 0 Å². The molecule has 0 spiro atoms. The molecule has 0 bridgehead atoms. The molecular formula is C4H9NO5. The van der Waals surface area contributed by atoms with Crippen molar-refractivity contribution in [1.29, 1.82) is 0 Å². The lowest BCUT2D eigenvalue weighted by Gasteiger charge is -2.10. The van der Waals surface area contributed by atoms with Crippen molar-refractivity contribution in [2.45, 2.75) is 0 Å². The molecule has 1 aliphatic rings. The lowest BCUT2D eigenvalue weighted by Crippen LogP contribution is -2.14. The Kier molecular flexibility index (Phi) is 5.74. The van der Waals surface area contributed by atoms with Crippen LogP contribution >= 0.6 is 0 Å². The first-order valence-electron chi connectivity index (χ1n) is 2.45. The highest BCUT2D eigenvalue weighted by Gasteiger charge is 1.93. The summed E-state index contributed by atoms with van der Waals surface area (Å²) in [5, 5.41) is 7.19. The predicted octanol–water partition coefficient (Wildman–Crippen LogP) is -0.455. The number of nitrogens with two attached hydrogens (primary N) is 1. The third kappa shape index (κ3) is 10.2. The lowest BCUT2D eigenvalue weighted by atomic mass is 11.2. The summed E-state index contributed by atoms with van der Waals surface area (Å²) in [6.07, 6.45) is -1.33. The molecule has 1 saturated heterocycles. The van der Waals surface area contributed by atoms with Gasteiger partial charge in [0.2, 0.25) is 0 Å². The molecule has 1 amide bonds. The molecule has 1 rings (SSSR count). The van der Waals surface area contributed by atoms with Crippen LogP contribution in [0.15, 0.2) is 0 Å². The van der Waals surface area contributed by atoms with Crippen LogP contribution in [0, 0.1) is 0 Å². The Labute approximate surface area is 57.5 Å². The normalized spacial score (nSPS) is 16.8. The van der Waals surface area contributed by atoms with Gasteiger partial charge in [-0.2, -0.15) is 0 Å². The smallest absolute Gasteiger partial charge is 0.402 e. The van der Waals surface area contributed by atoms with E-state index in [1.165, 1.54) is 0 Å². The second-order valence-corrected chi connectivity index (χ2v) is 1.30. The molecule has 10 heavy (non-hydrogen) atoms. The summed E-state index contributed by atoms with van der Waals surface area (Å²) in [6.45, 7) is 1.12. The lowest BCUT2D eigenvalue weighted by molar-refractivity contribution is -0.247. The third-order valence-electron chi connectivity index (χ3n) is 0.500. The van der Waals surface area contributed by atoms with Gasteiger partial charge in [-0.3, -0.25) is 0 Å². The summed E-state index contributed by atoms with van der Waals surface area (Å²) in [5.74, 6) is 0. The van der Waals surface area contributed by atoms with Crippen LogP contribution in [0.25, 0.3) is 0 Å². The van der Waals surface area contributed by atoms with Crippen LogP contribution in [0.1, 0.15) is 0 Å². The fraction of sp³-hybridized carbons (Fsp3) is 0.750. The van der Waals surface area contributed by atoms with E-state index in [0.717, 1.165) is 0 Å². The standard InChI is InChI=1S/C3H6O3.CH3NO2/c1-4-2-6-3-5-1;2-1(3)4/h1-3H2;2H2,(H,3,4). The molecule has 1 fully saturated rings. The molecule has 0 saturated carbocycles.